The van der Waals surface area contributed by atoms with Crippen molar-refractivity contribution in [2.24, 2.45) is 0 Å². The smallest absolute Gasteiger partial charge is 0.251 e. The lowest BCUT2D eigenvalue weighted by atomic mass is 10.1. The lowest BCUT2D eigenvalue weighted by Crippen LogP contribution is -2.43. The molecule has 0 saturated carbocycles. The summed E-state index contributed by atoms with van der Waals surface area (Å²) in [6, 6.07) is 10.8. The minimum atomic E-state index is -2.15. The van der Waals surface area contributed by atoms with Gasteiger partial charge in [-0.2, -0.15) is 0 Å². The van der Waals surface area contributed by atoms with Crippen molar-refractivity contribution >= 4 is 31.7 Å². The maximum atomic E-state index is 14.4. The van der Waals surface area contributed by atoms with Crippen LogP contribution in [0.4, 0.5) is 16.2 Å². The van der Waals surface area contributed by atoms with Crippen LogP contribution in [0, 0.1) is 12.7 Å². The van der Waals surface area contributed by atoms with E-state index in [9.17, 15) is 9.18 Å². The van der Waals surface area contributed by atoms with E-state index < -0.39 is 20.2 Å². The highest BCUT2D eigenvalue weighted by molar-refractivity contribution is 6.74. The van der Waals surface area contributed by atoms with Crippen molar-refractivity contribution < 1.29 is 8.82 Å². The van der Waals surface area contributed by atoms with E-state index in [1.54, 1.807) is 54.3 Å². The molecule has 0 unspecified atom stereocenters. The number of halogens is 2. The highest BCUT2D eigenvalue weighted by Gasteiger charge is 2.38. The molecule has 4 rings (SSSR count). The van der Waals surface area contributed by atoms with Gasteiger partial charge in [0.1, 0.15) is 17.5 Å². The van der Waals surface area contributed by atoms with Crippen molar-refractivity contribution in [3.63, 3.8) is 0 Å². The van der Waals surface area contributed by atoms with E-state index in [-0.39, 0.29) is 22.2 Å². The lowest BCUT2D eigenvalue weighted by Gasteiger charge is -2.37. The maximum absolute atomic E-state index is 14.4. The quantitative estimate of drug-likeness (QED) is 0.242. The van der Waals surface area contributed by atoms with Crippen molar-refractivity contribution in [1.82, 2.24) is 24.5 Å². The average molecular weight is 567 g/mol. The number of rotatable bonds is 8. The van der Waals surface area contributed by atoms with Crippen LogP contribution < -0.4 is 10.9 Å². The molecule has 204 valence electrons. The summed E-state index contributed by atoms with van der Waals surface area (Å²) < 4.78 is 22.5. The largest absolute Gasteiger partial charge is 0.414 e. The standard InChI is InChI=1S/C28H32ClFN6O2Si/c1-18-31-13-10-25(33-18)35-27-32-12-9-23(34-27)19-11-14-36(26(37)16-19)24(17-38-39(5,6)28(2,3)4)20-7-8-21(29)22(30)15-20/h7-16,24H,17H2,1-6H3,(H,31,32,33,34,35)/t24-/m1/s1. The van der Waals surface area contributed by atoms with Crippen LogP contribution in [-0.2, 0) is 4.43 Å². The third-order valence-electron chi connectivity index (χ3n) is 6.99. The molecule has 0 bridgehead atoms. The molecule has 0 spiro atoms. The average Bonchev–Trinajstić information content (AvgIpc) is 2.86. The Labute approximate surface area is 233 Å². The summed E-state index contributed by atoms with van der Waals surface area (Å²) in [6.07, 6.45) is 4.94. The number of nitrogens with one attached hydrogen (secondary N) is 1. The number of pyridine rings is 1. The van der Waals surface area contributed by atoms with Gasteiger partial charge >= 0.3 is 0 Å². The fourth-order valence-electron chi connectivity index (χ4n) is 3.69. The summed E-state index contributed by atoms with van der Waals surface area (Å²) in [7, 11) is -2.15. The van der Waals surface area contributed by atoms with E-state index in [0.29, 0.717) is 34.4 Å². The number of anilines is 2. The summed E-state index contributed by atoms with van der Waals surface area (Å²) in [5.41, 5.74) is 1.51. The van der Waals surface area contributed by atoms with E-state index in [1.165, 1.54) is 18.2 Å². The first-order valence-electron chi connectivity index (χ1n) is 12.6. The second kappa shape index (κ2) is 11.3. The summed E-state index contributed by atoms with van der Waals surface area (Å²) in [5.74, 6) is 0.977. The Morgan fingerprint density at radius 1 is 1.08 bits per heavy atom. The minimum Gasteiger partial charge on any atom is -0.414 e. The monoisotopic (exact) mass is 566 g/mol. The predicted molar refractivity (Wildman–Crippen MR) is 154 cm³/mol. The van der Waals surface area contributed by atoms with Gasteiger partial charge in [-0.25, -0.2) is 24.3 Å². The number of benzene rings is 1. The van der Waals surface area contributed by atoms with Gasteiger partial charge in [0.25, 0.3) is 5.56 Å². The van der Waals surface area contributed by atoms with Crippen LogP contribution >= 0.6 is 11.6 Å². The van der Waals surface area contributed by atoms with Crippen molar-refractivity contribution in [1.29, 1.82) is 0 Å². The summed E-state index contributed by atoms with van der Waals surface area (Å²) >= 11 is 5.94. The molecule has 0 amide bonds. The Kier molecular flexibility index (Phi) is 8.29. The summed E-state index contributed by atoms with van der Waals surface area (Å²) in [4.78, 5) is 30.6. The van der Waals surface area contributed by atoms with Gasteiger partial charge < -0.3 is 14.3 Å². The first-order valence-corrected chi connectivity index (χ1v) is 15.8. The maximum Gasteiger partial charge on any atom is 0.251 e. The zero-order valence-electron chi connectivity index (χ0n) is 22.9. The normalized spacial score (nSPS) is 12.8. The van der Waals surface area contributed by atoms with Crippen LogP contribution in [0.5, 0.6) is 0 Å². The third kappa shape index (κ3) is 6.76. The first kappa shape index (κ1) is 28.5. The second-order valence-electron chi connectivity index (χ2n) is 10.8. The molecule has 0 aliphatic heterocycles. The van der Waals surface area contributed by atoms with Crippen LogP contribution in [0.3, 0.4) is 0 Å². The minimum absolute atomic E-state index is 0.0239. The van der Waals surface area contributed by atoms with Crippen LogP contribution in [0.1, 0.15) is 38.2 Å². The SMILES string of the molecule is Cc1nccc(Nc2nccc(-c3ccn([C@H](CO[Si](C)(C)C(C)(C)C)c4ccc(Cl)c(F)c4)c(=O)c3)n2)n1. The van der Waals surface area contributed by atoms with Crippen molar-refractivity contribution in [2.45, 2.75) is 51.9 Å². The molecular weight excluding hydrogens is 535 g/mol. The molecule has 1 N–H and O–H groups in total. The molecule has 11 heteroatoms. The molecule has 1 aromatic carbocycles. The van der Waals surface area contributed by atoms with Crippen LogP contribution in [0.2, 0.25) is 23.2 Å². The fraction of sp³-hybridized carbons (Fsp3) is 0.321. The molecule has 0 aliphatic carbocycles. The van der Waals surface area contributed by atoms with Crippen molar-refractivity contribution in [2.75, 3.05) is 11.9 Å². The Morgan fingerprint density at radius 3 is 2.49 bits per heavy atom. The topological polar surface area (TPSA) is 94.8 Å². The molecular formula is C28H32ClFN6O2Si. The van der Waals surface area contributed by atoms with Gasteiger partial charge in [-0.1, -0.05) is 38.4 Å². The number of aryl methyl sites for hydroxylation is 1. The highest BCUT2D eigenvalue weighted by atomic mass is 35.5. The molecule has 0 radical (unpaired) electrons. The van der Waals surface area contributed by atoms with Crippen LogP contribution in [0.25, 0.3) is 11.3 Å². The van der Waals surface area contributed by atoms with E-state index >= 15 is 0 Å². The fourth-order valence-corrected chi connectivity index (χ4v) is 4.81. The highest BCUT2D eigenvalue weighted by Crippen LogP contribution is 2.37. The molecule has 8 nitrogen and oxygen atoms in total. The molecule has 39 heavy (non-hydrogen) atoms. The van der Waals surface area contributed by atoms with E-state index in [4.69, 9.17) is 16.0 Å². The van der Waals surface area contributed by atoms with Gasteiger partial charge in [0.2, 0.25) is 5.95 Å². The van der Waals surface area contributed by atoms with Gasteiger partial charge in [-0.15, -0.1) is 0 Å². The number of hydrogen-bond donors (Lipinski definition) is 1. The molecule has 0 saturated heterocycles. The van der Waals surface area contributed by atoms with Crippen LogP contribution in [-0.4, -0.2) is 39.4 Å². The van der Waals surface area contributed by atoms with Gasteiger partial charge in [0.05, 0.1) is 23.4 Å². The molecule has 4 aromatic rings. The predicted octanol–water partition coefficient (Wildman–Crippen LogP) is 6.55. The van der Waals surface area contributed by atoms with Gasteiger partial charge in [0.15, 0.2) is 8.32 Å². The van der Waals surface area contributed by atoms with Crippen LogP contribution in [0.15, 0.2) is 65.8 Å². The molecule has 1 atom stereocenters. The number of aromatic nitrogens is 5. The van der Waals surface area contributed by atoms with Crippen molar-refractivity contribution in [3.8, 4) is 11.3 Å². The molecule has 3 aromatic heterocycles. The summed E-state index contributed by atoms with van der Waals surface area (Å²) in [6.45, 7) is 12.7. The number of nitrogens with zero attached hydrogens (tertiary/aromatic N) is 5. The Bertz CT molecular complexity index is 1540. The Morgan fingerprint density at radius 2 is 1.82 bits per heavy atom. The Balaban J connectivity index is 1.66. The van der Waals surface area contributed by atoms with Crippen molar-refractivity contribution in [3.05, 3.63) is 93.6 Å². The zero-order valence-corrected chi connectivity index (χ0v) is 24.6. The molecule has 0 aliphatic rings. The van der Waals surface area contributed by atoms with E-state index in [0.717, 1.165) is 0 Å². The van der Waals surface area contributed by atoms with Gasteiger partial charge in [0, 0.05) is 30.2 Å². The third-order valence-corrected chi connectivity index (χ3v) is 11.8. The molecule has 3 heterocycles. The number of hydrogen-bond acceptors (Lipinski definition) is 7. The zero-order chi connectivity index (χ0) is 28.4. The molecule has 0 fully saturated rings. The Hall–Kier alpha value is -3.47. The van der Waals surface area contributed by atoms with E-state index in [1.807, 2.05) is 0 Å². The second-order valence-corrected chi connectivity index (χ2v) is 16.0. The lowest BCUT2D eigenvalue weighted by molar-refractivity contribution is 0.246. The van der Waals surface area contributed by atoms with Gasteiger partial charge in [-0.05, 0) is 61.0 Å². The summed E-state index contributed by atoms with van der Waals surface area (Å²) in [5, 5.41) is 3.05. The van der Waals surface area contributed by atoms with E-state index in [2.05, 4.69) is 59.1 Å². The van der Waals surface area contributed by atoms with Gasteiger partial charge in [-0.3, -0.25) is 4.79 Å². The first-order chi connectivity index (χ1) is 18.3.